The van der Waals surface area contributed by atoms with E-state index in [0.717, 1.165) is 12.1 Å². The molecule has 0 aliphatic carbocycles. The number of nitrogens with one attached hydrogen (secondary N) is 2. The fraction of sp³-hybridized carbons (Fsp3) is 0.444. The van der Waals surface area contributed by atoms with Gasteiger partial charge in [0.15, 0.2) is 0 Å². The van der Waals surface area contributed by atoms with Crippen LogP contribution < -0.4 is 10.6 Å². The number of halogens is 3. The highest BCUT2D eigenvalue weighted by atomic mass is 19.4. The molecule has 6 nitrogen and oxygen atoms in total. The molecule has 0 unspecified atom stereocenters. The van der Waals surface area contributed by atoms with E-state index in [-0.39, 0.29) is 17.3 Å². The summed E-state index contributed by atoms with van der Waals surface area (Å²) in [7, 11) is 0. The van der Waals surface area contributed by atoms with E-state index in [1.54, 1.807) is 6.92 Å². The molecule has 0 saturated carbocycles. The normalized spacial score (nSPS) is 11.1. The molecule has 1 aromatic heterocycles. The number of nitro groups is 1. The third-order valence-electron chi connectivity index (χ3n) is 1.85. The average molecular weight is 264 g/mol. The minimum Gasteiger partial charge on any atom is -0.370 e. The molecule has 0 saturated heterocycles. The van der Waals surface area contributed by atoms with Crippen molar-refractivity contribution in [1.82, 2.24) is 4.98 Å². The van der Waals surface area contributed by atoms with E-state index in [2.05, 4.69) is 10.3 Å². The van der Waals surface area contributed by atoms with Crippen molar-refractivity contribution >= 4 is 17.3 Å². The number of aromatic nitrogens is 1. The van der Waals surface area contributed by atoms with Gasteiger partial charge >= 0.3 is 6.18 Å². The summed E-state index contributed by atoms with van der Waals surface area (Å²) in [5.74, 6) is -0.0474. The van der Waals surface area contributed by atoms with Crippen LogP contribution in [0.25, 0.3) is 0 Å². The lowest BCUT2D eigenvalue weighted by atomic mass is 10.3. The van der Waals surface area contributed by atoms with Crippen LogP contribution in [0, 0.1) is 10.1 Å². The zero-order valence-corrected chi connectivity index (χ0v) is 9.41. The molecule has 18 heavy (non-hydrogen) atoms. The maximum absolute atomic E-state index is 12.0. The fourth-order valence-corrected chi connectivity index (χ4v) is 1.17. The third-order valence-corrected chi connectivity index (χ3v) is 1.85. The second-order valence-electron chi connectivity index (χ2n) is 3.35. The first kappa shape index (κ1) is 14.0. The lowest BCUT2D eigenvalue weighted by Crippen LogP contribution is -2.22. The third kappa shape index (κ3) is 4.44. The predicted octanol–water partition coefficient (Wildman–Crippen LogP) is 2.40. The predicted molar refractivity (Wildman–Crippen MR) is 59.6 cm³/mol. The maximum atomic E-state index is 12.0. The molecule has 2 N–H and O–H groups in total. The molecule has 0 aromatic carbocycles. The molecule has 0 aliphatic heterocycles. The van der Waals surface area contributed by atoms with Crippen molar-refractivity contribution in [2.75, 3.05) is 23.7 Å². The number of hydrogen-bond donors (Lipinski definition) is 2. The second kappa shape index (κ2) is 5.52. The largest absolute Gasteiger partial charge is 0.405 e. The molecule has 0 atom stereocenters. The van der Waals surface area contributed by atoms with Crippen molar-refractivity contribution < 1.29 is 18.1 Å². The van der Waals surface area contributed by atoms with E-state index in [0.29, 0.717) is 6.54 Å². The van der Waals surface area contributed by atoms with Crippen LogP contribution >= 0.6 is 0 Å². The van der Waals surface area contributed by atoms with Crippen LogP contribution in [-0.2, 0) is 0 Å². The van der Waals surface area contributed by atoms with Gasteiger partial charge in [-0.2, -0.15) is 13.2 Å². The van der Waals surface area contributed by atoms with Gasteiger partial charge in [0.1, 0.15) is 18.2 Å². The number of nitrogens with zero attached hydrogens (tertiary/aromatic N) is 2. The van der Waals surface area contributed by atoms with Crippen LogP contribution in [0.4, 0.5) is 30.5 Å². The average Bonchev–Trinajstić information content (AvgIpc) is 2.25. The molecule has 1 heterocycles. The zero-order valence-electron chi connectivity index (χ0n) is 9.41. The standard InChI is InChI=1S/C9H11F3N4O2/c1-2-13-7-3-6(16(17)18)4-8(15-7)14-5-9(10,11)12/h3-4H,2,5H2,1H3,(H2,13,14,15). The summed E-state index contributed by atoms with van der Waals surface area (Å²) in [6, 6.07) is 2.11. The Kier molecular flexibility index (Phi) is 4.29. The van der Waals surface area contributed by atoms with E-state index in [1.165, 1.54) is 0 Å². The van der Waals surface area contributed by atoms with E-state index in [9.17, 15) is 23.3 Å². The molecular formula is C9H11F3N4O2. The van der Waals surface area contributed by atoms with Crippen LogP contribution in [0.2, 0.25) is 0 Å². The Bertz CT molecular complexity index is 436. The molecule has 0 bridgehead atoms. The molecule has 9 heteroatoms. The van der Waals surface area contributed by atoms with Crippen LogP contribution in [0.15, 0.2) is 12.1 Å². The first-order chi connectivity index (χ1) is 8.31. The van der Waals surface area contributed by atoms with Crippen molar-refractivity contribution in [3.63, 3.8) is 0 Å². The van der Waals surface area contributed by atoms with Crippen LogP contribution in [0.1, 0.15) is 6.92 Å². The lowest BCUT2D eigenvalue weighted by Gasteiger charge is -2.10. The van der Waals surface area contributed by atoms with Crippen molar-refractivity contribution in [2.24, 2.45) is 0 Å². The molecule has 1 aromatic rings. The Balaban J connectivity index is 2.92. The minimum absolute atomic E-state index is 0.149. The minimum atomic E-state index is -4.41. The van der Waals surface area contributed by atoms with Crippen molar-refractivity contribution in [1.29, 1.82) is 0 Å². The van der Waals surface area contributed by atoms with Gasteiger partial charge in [0.2, 0.25) is 0 Å². The van der Waals surface area contributed by atoms with Gasteiger partial charge in [0.25, 0.3) is 5.69 Å². The quantitative estimate of drug-likeness (QED) is 0.630. The highest BCUT2D eigenvalue weighted by Crippen LogP contribution is 2.22. The van der Waals surface area contributed by atoms with Gasteiger partial charge in [-0.25, -0.2) is 4.98 Å². The Labute approximate surface area is 100 Å². The monoisotopic (exact) mass is 264 g/mol. The summed E-state index contributed by atoms with van der Waals surface area (Å²) < 4.78 is 36.0. The first-order valence-electron chi connectivity index (χ1n) is 5.03. The lowest BCUT2D eigenvalue weighted by molar-refractivity contribution is -0.384. The van der Waals surface area contributed by atoms with Crippen LogP contribution in [-0.4, -0.2) is 29.2 Å². The van der Waals surface area contributed by atoms with Gasteiger partial charge in [-0.1, -0.05) is 0 Å². The van der Waals surface area contributed by atoms with Gasteiger partial charge in [-0.3, -0.25) is 10.1 Å². The summed E-state index contributed by atoms with van der Waals surface area (Å²) in [5.41, 5.74) is -0.328. The topological polar surface area (TPSA) is 80.1 Å². The fourth-order valence-electron chi connectivity index (χ4n) is 1.17. The van der Waals surface area contributed by atoms with Crippen molar-refractivity contribution in [2.45, 2.75) is 13.1 Å². The smallest absolute Gasteiger partial charge is 0.370 e. The number of pyridine rings is 1. The van der Waals surface area contributed by atoms with Crippen LogP contribution in [0.5, 0.6) is 0 Å². The van der Waals surface area contributed by atoms with Gasteiger partial charge in [0.05, 0.1) is 17.1 Å². The number of hydrogen-bond acceptors (Lipinski definition) is 5. The molecule has 0 amide bonds. The zero-order chi connectivity index (χ0) is 13.8. The highest BCUT2D eigenvalue weighted by Gasteiger charge is 2.27. The number of rotatable bonds is 5. The van der Waals surface area contributed by atoms with Gasteiger partial charge in [-0.05, 0) is 6.92 Å². The van der Waals surface area contributed by atoms with Crippen LogP contribution in [0.3, 0.4) is 0 Å². The van der Waals surface area contributed by atoms with Gasteiger partial charge in [0, 0.05) is 6.54 Å². The summed E-state index contributed by atoms with van der Waals surface area (Å²) in [6.45, 7) is 0.892. The Morgan fingerprint density at radius 1 is 1.33 bits per heavy atom. The van der Waals surface area contributed by atoms with E-state index in [4.69, 9.17) is 0 Å². The Morgan fingerprint density at radius 2 is 1.89 bits per heavy atom. The van der Waals surface area contributed by atoms with E-state index in [1.807, 2.05) is 5.32 Å². The van der Waals surface area contributed by atoms with E-state index < -0.39 is 17.6 Å². The Hall–Kier alpha value is -2.06. The molecule has 0 fully saturated rings. The van der Waals surface area contributed by atoms with E-state index >= 15 is 0 Å². The Morgan fingerprint density at radius 3 is 2.33 bits per heavy atom. The maximum Gasteiger partial charge on any atom is 0.405 e. The molecule has 1 rings (SSSR count). The van der Waals surface area contributed by atoms with Gasteiger partial charge in [-0.15, -0.1) is 0 Å². The van der Waals surface area contributed by atoms with Crippen molar-refractivity contribution in [3.05, 3.63) is 22.2 Å². The highest BCUT2D eigenvalue weighted by molar-refractivity contribution is 5.54. The van der Waals surface area contributed by atoms with Gasteiger partial charge < -0.3 is 10.6 Å². The number of alkyl halides is 3. The summed E-state index contributed by atoms with van der Waals surface area (Å²) in [5, 5.41) is 15.3. The molecule has 100 valence electrons. The first-order valence-corrected chi connectivity index (χ1v) is 5.03. The summed E-state index contributed by atoms with van der Waals surface area (Å²) >= 11 is 0. The number of anilines is 2. The molecule has 0 aliphatic rings. The molecular weight excluding hydrogens is 253 g/mol. The molecule has 0 spiro atoms. The SMILES string of the molecule is CCNc1cc([N+](=O)[O-])cc(NCC(F)(F)F)n1. The molecule has 0 radical (unpaired) electrons. The summed E-state index contributed by atoms with van der Waals surface area (Å²) in [4.78, 5) is 13.7. The van der Waals surface area contributed by atoms with Crippen molar-refractivity contribution in [3.8, 4) is 0 Å². The second-order valence-corrected chi connectivity index (χ2v) is 3.35. The summed E-state index contributed by atoms with van der Waals surface area (Å²) in [6.07, 6.45) is -4.41.